The fourth-order valence-electron chi connectivity index (χ4n) is 3.39. The lowest BCUT2D eigenvalue weighted by Crippen LogP contribution is -2.55. The molecule has 3 N–H and O–H groups in total. The van der Waals surface area contributed by atoms with E-state index in [0.29, 0.717) is 19.3 Å². The quantitative estimate of drug-likeness (QED) is 0.693. The Morgan fingerprint density at radius 2 is 2.00 bits per heavy atom. The van der Waals surface area contributed by atoms with Gasteiger partial charge in [0.05, 0.1) is 18.8 Å². The molecule has 1 saturated carbocycles. The molecule has 2 rings (SSSR count). The number of aliphatic hydroxyl groups is 1. The topological polar surface area (TPSA) is 102 Å². The van der Waals surface area contributed by atoms with Crippen molar-refractivity contribution in [2.45, 2.75) is 75.8 Å². The zero-order valence-corrected chi connectivity index (χ0v) is 13.7. The summed E-state index contributed by atoms with van der Waals surface area (Å²) in [5.41, 5.74) is 4.20. The Morgan fingerprint density at radius 1 is 1.36 bits per heavy atom. The minimum atomic E-state index is -1.11. The van der Waals surface area contributed by atoms with Gasteiger partial charge in [-0.3, -0.25) is 4.90 Å². The lowest BCUT2D eigenvalue weighted by molar-refractivity contribution is -0.146. The highest BCUT2D eigenvalue weighted by Crippen LogP contribution is 2.43. The maximum Gasteiger partial charge on any atom is 0.411 e. The summed E-state index contributed by atoms with van der Waals surface area (Å²) < 4.78 is 10.2. The van der Waals surface area contributed by atoms with Gasteiger partial charge in [0.25, 0.3) is 0 Å². The van der Waals surface area contributed by atoms with E-state index in [1.807, 2.05) is 0 Å². The van der Waals surface area contributed by atoms with E-state index in [9.17, 15) is 14.7 Å². The van der Waals surface area contributed by atoms with Gasteiger partial charge in [-0.05, 0) is 40.0 Å². The average Bonchev–Trinajstić information content (AvgIpc) is 2.69. The molecule has 126 valence electrons. The number of rotatable bonds is 1. The molecule has 0 bridgehead atoms. The molecular formula is C15H26N2O5. The SMILES string of the molecule is COC(=O)[C@@H]1C[C@@]2(O)CC[C@H](N)C[C@H]2N1C(=O)OC(C)(C)C. The third kappa shape index (κ3) is 3.20. The number of fused-ring (bicyclic) bond motifs is 1. The molecule has 2 fully saturated rings. The maximum atomic E-state index is 12.5. The molecule has 1 heterocycles. The maximum absolute atomic E-state index is 12.5. The van der Waals surface area contributed by atoms with Crippen LogP contribution in [-0.4, -0.2) is 58.5 Å². The van der Waals surface area contributed by atoms with Crippen LogP contribution < -0.4 is 5.73 Å². The number of carbonyl (C=O) groups excluding carboxylic acids is 2. The van der Waals surface area contributed by atoms with Crippen LogP contribution in [0, 0.1) is 0 Å². The fourth-order valence-corrected chi connectivity index (χ4v) is 3.39. The predicted molar refractivity (Wildman–Crippen MR) is 79.1 cm³/mol. The van der Waals surface area contributed by atoms with Gasteiger partial charge in [-0.15, -0.1) is 0 Å². The van der Waals surface area contributed by atoms with Crippen molar-refractivity contribution in [1.82, 2.24) is 4.90 Å². The van der Waals surface area contributed by atoms with Crippen LogP contribution in [-0.2, 0) is 14.3 Å². The van der Waals surface area contributed by atoms with Crippen molar-refractivity contribution < 1.29 is 24.2 Å². The van der Waals surface area contributed by atoms with Crippen LogP contribution in [0.4, 0.5) is 4.79 Å². The van der Waals surface area contributed by atoms with Crippen molar-refractivity contribution >= 4 is 12.1 Å². The molecule has 0 radical (unpaired) electrons. The number of esters is 1. The lowest BCUT2D eigenvalue weighted by Gasteiger charge is -2.40. The molecule has 7 nitrogen and oxygen atoms in total. The second kappa shape index (κ2) is 5.70. The second-order valence-corrected chi connectivity index (χ2v) is 7.28. The second-order valence-electron chi connectivity index (χ2n) is 7.28. The minimum Gasteiger partial charge on any atom is -0.467 e. The Morgan fingerprint density at radius 3 is 2.55 bits per heavy atom. The molecule has 2 aliphatic rings. The zero-order chi connectivity index (χ0) is 16.7. The van der Waals surface area contributed by atoms with Gasteiger partial charge in [-0.2, -0.15) is 0 Å². The molecular weight excluding hydrogens is 288 g/mol. The van der Waals surface area contributed by atoms with Crippen LogP contribution in [0.5, 0.6) is 0 Å². The van der Waals surface area contributed by atoms with Crippen molar-refractivity contribution in [3.05, 3.63) is 0 Å². The van der Waals surface area contributed by atoms with Gasteiger partial charge in [0.1, 0.15) is 11.6 Å². The summed E-state index contributed by atoms with van der Waals surface area (Å²) in [6, 6.07) is -1.46. The van der Waals surface area contributed by atoms with Gasteiger partial charge < -0.3 is 20.3 Å². The van der Waals surface area contributed by atoms with Gasteiger partial charge in [0.15, 0.2) is 0 Å². The molecule has 22 heavy (non-hydrogen) atoms. The van der Waals surface area contributed by atoms with Crippen LogP contribution in [0.2, 0.25) is 0 Å². The van der Waals surface area contributed by atoms with E-state index in [2.05, 4.69) is 0 Å². The highest BCUT2D eigenvalue weighted by Gasteiger charge is 2.58. The van der Waals surface area contributed by atoms with Gasteiger partial charge >= 0.3 is 12.1 Å². The summed E-state index contributed by atoms with van der Waals surface area (Å²) in [5, 5.41) is 10.8. The molecule has 7 heteroatoms. The normalized spacial score (nSPS) is 35.0. The Balaban J connectivity index is 2.31. The number of carbonyl (C=O) groups is 2. The molecule has 0 aromatic carbocycles. The summed E-state index contributed by atoms with van der Waals surface area (Å²) in [4.78, 5) is 25.9. The molecule has 0 spiro atoms. The number of hydrogen-bond acceptors (Lipinski definition) is 6. The summed E-state index contributed by atoms with van der Waals surface area (Å²) in [5.74, 6) is -0.540. The number of methoxy groups -OCH3 is 1. The molecule has 1 aliphatic carbocycles. The van der Waals surface area contributed by atoms with Crippen LogP contribution in [0.1, 0.15) is 46.5 Å². The lowest BCUT2D eigenvalue weighted by atomic mass is 9.78. The van der Waals surface area contributed by atoms with E-state index < -0.39 is 35.3 Å². The van der Waals surface area contributed by atoms with Crippen molar-refractivity contribution in [3.63, 3.8) is 0 Å². The van der Waals surface area contributed by atoms with Gasteiger partial charge in [0.2, 0.25) is 0 Å². The summed E-state index contributed by atoms with van der Waals surface area (Å²) >= 11 is 0. The van der Waals surface area contributed by atoms with E-state index in [-0.39, 0.29) is 12.5 Å². The third-order valence-electron chi connectivity index (χ3n) is 4.39. The number of nitrogens with two attached hydrogens (primary N) is 1. The van der Waals surface area contributed by atoms with Crippen LogP contribution in [0.25, 0.3) is 0 Å². The summed E-state index contributed by atoms with van der Waals surface area (Å²) in [7, 11) is 1.27. The van der Waals surface area contributed by atoms with Gasteiger partial charge in [0, 0.05) is 12.5 Å². The fraction of sp³-hybridized carbons (Fsp3) is 0.867. The van der Waals surface area contributed by atoms with E-state index >= 15 is 0 Å². The zero-order valence-electron chi connectivity index (χ0n) is 13.7. The van der Waals surface area contributed by atoms with Crippen molar-refractivity contribution in [2.75, 3.05) is 7.11 Å². The Hall–Kier alpha value is -1.34. The van der Waals surface area contributed by atoms with Crippen molar-refractivity contribution in [3.8, 4) is 0 Å². The van der Waals surface area contributed by atoms with E-state index in [1.54, 1.807) is 20.8 Å². The average molecular weight is 314 g/mol. The van der Waals surface area contributed by atoms with Crippen LogP contribution >= 0.6 is 0 Å². The standard InChI is InChI=1S/C15H26N2O5/c1-14(2,3)22-13(19)17-10(12(18)21-4)8-15(20)6-5-9(16)7-11(15)17/h9-11,20H,5-8,16H2,1-4H3/t9-,10-,11+,15-/m0/s1. The van der Waals surface area contributed by atoms with Crippen molar-refractivity contribution in [1.29, 1.82) is 0 Å². The van der Waals surface area contributed by atoms with Gasteiger partial charge in [-0.25, -0.2) is 9.59 Å². The van der Waals surface area contributed by atoms with Crippen molar-refractivity contribution in [2.24, 2.45) is 5.73 Å². The first kappa shape index (κ1) is 17.0. The Bertz CT molecular complexity index is 461. The van der Waals surface area contributed by atoms with Crippen LogP contribution in [0.3, 0.4) is 0 Å². The number of likely N-dealkylation sites (tertiary alicyclic amines) is 1. The minimum absolute atomic E-state index is 0.105. The molecule has 1 amide bonds. The molecule has 0 aromatic rings. The molecule has 1 aliphatic heterocycles. The van der Waals surface area contributed by atoms with Gasteiger partial charge in [-0.1, -0.05) is 0 Å². The molecule has 0 unspecified atom stereocenters. The first-order valence-corrected chi connectivity index (χ1v) is 7.64. The highest BCUT2D eigenvalue weighted by atomic mass is 16.6. The number of nitrogens with zero attached hydrogens (tertiary/aromatic N) is 1. The Labute approximate surface area is 130 Å². The third-order valence-corrected chi connectivity index (χ3v) is 4.39. The smallest absolute Gasteiger partial charge is 0.411 e. The number of hydrogen-bond donors (Lipinski definition) is 2. The summed E-state index contributed by atoms with van der Waals surface area (Å²) in [6.45, 7) is 5.27. The Kier molecular flexibility index (Phi) is 4.41. The molecule has 0 aromatic heterocycles. The predicted octanol–water partition coefficient (Wildman–Crippen LogP) is 0.780. The number of ether oxygens (including phenoxy) is 2. The van der Waals surface area contributed by atoms with E-state index in [1.165, 1.54) is 12.0 Å². The first-order valence-electron chi connectivity index (χ1n) is 7.64. The van der Waals surface area contributed by atoms with E-state index in [0.717, 1.165) is 0 Å². The number of amides is 1. The van der Waals surface area contributed by atoms with Crippen LogP contribution in [0.15, 0.2) is 0 Å². The molecule has 4 atom stereocenters. The monoisotopic (exact) mass is 314 g/mol. The van der Waals surface area contributed by atoms with E-state index in [4.69, 9.17) is 15.2 Å². The summed E-state index contributed by atoms with van der Waals surface area (Å²) in [6.07, 6.45) is 1.13. The highest BCUT2D eigenvalue weighted by molar-refractivity contribution is 5.83. The molecule has 1 saturated heterocycles. The largest absolute Gasteiger partial charge is 0.467 e. The first-order chi connectivity index (χ1) is 10.1.